The Hall–Kier alpha value is -1.19. The summed E-state index contributed by atoms with van der Waals surface area (Å²) in [6.07, 6.45) is 0. The Morgan fingerprint density at radius 3 is 2.16 bits per heavy atom. The smallest absolute Gasteiger partial charge is 0.137 e. The minimum absolute atomic E-state index is 0.0653. The van der Waals surface area contributed by atoms with Gasteiger partial charge in [0.2, 0.25) is 0 Å². The Morgan fingerprint density at radius 2 is 1.63 bits per heavy atom. The van der Waals surface area contributed by atoms with Gasteiger partial charge in [-0.2, -0.15) is 0 Å². The summed E-state index contributed by atoms with van der Waals surface area (Å²) in [5.74, 6) is -0.237. The quantitative estimate of drug-likeness (QED) is 0.876. The Morgan fingerprint density at radius 1 is 1.00 bits per heavy atom. The van der Waals surface area contributed by atoms with Crippen molar-refractivity contribution in [3.63, 3.8) is 0 Å². The van der Waals surface area contributed by atoms with Gasteiger partial charge in [0.15, 0.2) is 0 Å². The normalized spacial score (nSPS) is 12.5. The highest BCUT2D eigenvalue weighted by Gasteiger charge is 2.14. The molecular weight excluding hydrogens is 305 g/mol. The molecule has 0 aromatic heterocycles. The maximum Gasteiger partial charge on any atom is 0.137 e. The molecule has 1 N–H and O–H groups in total. The fourth-order valence-corrected chi connectivity index (χ4v) is 2.79. The van der Waals surface area contributed by atoms with E-state index in [4.69, 9.17) is 0 Å². The first kappa shape index (κ1) is 14.2. The molecule has 3 heteroatoms. The lowest BCUT2D eigenvalue weighted by atomic mass is 9.96. The Bertz CT molecular complexity index is 575. The standard InChI is InChI=1S/C16H17BrFN/c1-10-6-11(2)8-13(7-10)16(19-3)12-4-5-15(18)14(17)9-12/h4-9,16,19H,1-3H3. The molecule has 0 saturated heterocycles. The van der Waals surface area contributed by atoms with Crippen molar-refractivity contribution in [1.29, 1.82) is 0 Å². The number of halogens is 2. The van der Waals surface area contributed by atoms with Crippen LogP contribution >= 0.6 is 15.9 Å². The number of hydrogen-bond acceptors (Lipinski definition) is 1. The van der Waals surface area contributed by atoms with Gasteiger partial charge in [0.1, 0.15) is 5.82 Å². The van der Waals surface area contributed by atoms with Crippen LogP contribution in [-0.4, -0.2) is 7.05 Å². The first-order valence-corrected chi connectivity index (χ1v) is 7.01. The molecule has 19 heavy (non-hydrogen) atoms. The van der Waals surface area contributed by atoms with Crippen molar-refractivity contribution in [2.24, 2.45) is 0 Å². The Balaban J connectivity index is 2.46. The highest BCUT2D eigenvalue weighted by atomic mass is 79.9. The van der Waals surface area contributed by atoms with Crippen molar-refractivity contribution in [2.75, 3.05) is 7.05 Å². The maximum atomic E-state index is 13.3. The lowest BCUT2D eigenvalue weighted by Crippen LogP contribution is -2.18. The van der Waals surface area contributed by atoms with E-state index < -0.39 is 0 Å². The number of benzene rings is 2. The fraction of sp³-hybridized carbons (Fsp3) is 0.250. The van der Waals surface area contributed by atoms with E-state index >= 15 is 0 Å². The molecule has 0 radical (unpaired) electrons. The summed E-state index contributed by atoms with van der Waals surface area (Å²) < 4.78 is 13.8. The molecule has 0 aliphatic carbocycles. The molecule has 0 aliphatic rings. The molecule has 2 aromatic rings. The van der Waals surface area contributed by atoms with E-state index in [0.29, 0.717) is 4.47 Å². The van der Waals surface area contributed by atoms with Crippen LogP contribution in [0.4, 0.5) is 4.39 Å². The van der Waals surface area contributed by atoms with Crippen molar-refractivity contribution in [3.8, 4) is 0 Å². The molecule has 0 bridgehead atoms. The van der Waals surface area contributed by atoms with Crippen LogP contribution in [0.15, 0.2) is 40.9 Å². The van der Waals surface area contributed by atoms with Crippen molar-refractivity contribution in [1.82, 2.24) is 5.32 Å². The molecule has 0 heterocycles. The molecule has 1 unspecified atom stereocenters. The third kappa shape index (κ3) is 3.23. The van der Waals surface area contributed by atoms with Gasteiger partial charge in [-0.3, -0.25) is 0 Å². The van der Waals surface area contributed by atoms with Gasteiger partial charge in [-0.15, -0.1) is 0 Å². The van der Waals surface area contributed by atoms with Crippen LogP contribution in [0.5, 0.6) is 0 Å². The summed E-state index contributed by atoms with van der Waals surface area (Å²) in [4.78, 5) is 0. The van der Waals surface area contributed by atoms with Crippen molar-refractivity contribution in [2.45, 2.75) is 19.9 Å². The fourth-order valence-electron chi connectivity index (χ4n) is 2.39. The van der Waals surface area contributed by atoms with Crippen LogP contribution in [-0.2, 0) is 0 Å². The highest BCUT2D eigenvalue weighted by molar-refractivity contribution is 9.10. The summed E-state index contributed by atoms with van der Waals surface area (Å²) in [5, 5.41) is 3.29. The van der Waals surface area contributed by atoms with Crippen molar-refractivity contribution in [3.05, 3.63) is 68.9 Å². The van der Waals surface area contributed by atoms with E-state index in [1.807, 2.05) is 19.2 Å². The average molecular weight is 322 g/mol. The minimum atomic E-state index is -0.237. The van der Waals surface area contributed by atoms with Gasteiger partial charge in [-0.25, -0.2) is 4.39 Å². The predicted octanol–water partition coefficient (Wildman–Crippen LogP) is 4.51. The lowest BCUT2D eigenvalue weighted by Gasteiger charge is -2.19. The van der Waals surface area contributed by atoms with E-state index in [-0.39, 0.29) is 11.9 Å². The largest absolute Gasteiger partial charge is 0.309 e. The van der Waals surface area contributed by atoms with E-state index in [0.717, 1.165) is 5.56 Å². The molecular formula is C16H17BrFN. The van der Waals surface area contributed by atoms with Gasteiger partial charge < -0.3 is 5.32 Å². The third-order valence-electron chi connectivity index (χ3n) is 3.14. The molecule has 1 atom stereocenters. The predicted molar refractivity (Wildman–Crippen MR) is 80.9 cm³/mol. The van der Waals surface area contributed by atoms with Crippen LogP contribution in [0.1, 0.15) is 28.3 Å². The first-order valence-electron chi connectivity index (χ1n) is 6.21. The van der Waals surface area contributed by atoms with Gasteiger partial charge in [-0.1, -0.05) is 35.4 Å². The number of hydrogen-bond donors (Lipinski definition) is 1. The first-order chi connectivity index (χ1) is 9.01. The van der Waals surface area contributed by atoms with Crippen LogP contribution in [0.3, 0.4) is 0 Å². The second-order valence-corrected chi connectivity index (χ2v) is 5.67. The molecule has 0 aliphatic heterocycles. The van der Waals surface area contributed by atoms with Crippen LogP contribution in [0.25, 0.3) is 0 Å². The topological polar surface area (TPSA) is 12.0 Å². The Kier molecular flexibility index (Phi) is 4.38. The minimum Gasteiger partial charge on any atom is -0.309 e. The molecule has 0 spiro atoms. The summed E-state index contributed by atoms with van der Waals surface area (Å²) in [7, 11) is 1.92. The van der Waals surface area contributed by atoms with E-state index in [1.165, 1.54) is 22.8 Å². The lowest BCUT2D eigenvalue weighted by molar-refractivity contribution is 0.616. The molecule has 2 aromatic carbocycles. The van der Waals surface area contributed by atoms with Gasteiger partial charge in [0, 0.05) is 0 Å². The summed E-state index contributed by atoms with van der Waals surface area (Å²) in [5.41, 5.74) is 4.70. The number of rotatable bonds is 3. The van der Waals surface area contributed by atoms with Gasteiger partial charge in [0.25, 0.3) is 0 Å². The maximum absolute atomic E-state index is 13.3. The van der Waals surface area contributed by atoms with Gasteiger partial charge >= 0.3 is 0 Å². The van der Waals surface area contributed by atoms with E-state index in [1.54, 1.807) is 0 Å². The summed E-state index contributed by atoms with van der Waals surface area (Å²) >= 11 is 3.24. The number of nitrogens with one attached hydrogen (secondary N) is 1. The van der Waals surface area contributed by atoms with Crippen LogP contribution < -0.4 is 5.32 Å². The molecule has 0 fully saturated rings. The molecule has 0 saturated carbocycles. The Labute approximate surface area is 122 Å². The zero-order chi connectivity index (χ0) is 14.0. The zero-order valence-corrected chi connectivity index (χ0v) is 12.9. The SMILES string of the molecule is CNC(c1cc(C)cc(C)c1)c1ccc(F)c(Br)c1. The molecule has 2 rings (SSSR count). The van der Waals surface area contributed by atoms with Crippen LogP contribution in [0.2, 0.25) is 0 Å². The highest BCUT2D eigenvalue weighted by Crippen LogP contribution is 2.27. The summed E-state index contributed by atoms with van der Waals surface area (Å²) in [6, 6.07) is 11.7. The summed E-state index contributed by atoms with van der Waals surface area (Å²) in [6.45, 7) is 4.17. The molecule has 1 nitrogen and oxygen atoms in total. The van der Waals surface area contributed by atoms with Crippen molar-refractivity contribution < 1.29 is 4.39 Å². The molecule has 0 amide bonds. The molecule has 100 valence electrons. The van der Waals surface area contributed by atoms with Gasteiger partial charge in [0.05, 0.1) is 10.5 Å². The second kappa shape index (κ2) is 5.85. The average Bonchev–Trinajstić information content (AvgIpc) is 2.33. The van der Waals surface area contributed by atoms with E-state index in [9.17, 15) is 4.39 Å². The van der Waals surface area contributed by atoms with Gasteiger partial charge in [-0.05, 0) is 60.1 Å². The second-order valence-electron chi connectivity index (χ2n) is 4.82. The zero-order valence-electron chi connectivity index (χ0n) is 11.3. The van der Waals surface area contributed by atoms with Crippen LogP contribution in [0, 0.1) is 19.7 Å². The monoisotopic (exact) mass is 321 g/mol. The number of aryl methyl sites for hydroxylation is 2. The van der Waals surface area contributed by atoms with Crippen molar-refractivity contribution >= 4 is 15.9 Å². The van der Waals surface area contributed by atoms with E-state index in [2.05, 4.69) is 53.3 Å². The third-order valence-corrected chi connectivity index (χ3v) is 3.75.